The average Bonchev–Trinajstić information content (AvgIpc) is 2.73. The first-order valence-electron chi connectivity index (χ1n) is 5.95. The van der Waals surface area contributed by atoms with Gasteiger partial charge in [0.1, 0.15) is 0 Å². The Kier molecular flexibility index (Phi) is 3.10. The topological polar surface area (TPSA) is 55.3 Å². The summed E-state index contributed by atoms with van der Waals surface area (Å²) in [4.78, 5) is 2.47. The fourth-order valence-electron chi connectivity index (χ4n) is 2.78. The number of nitrogens with two attached hydrogens (primary N) is 2. The highest BCUT2D eigenvalue weighted by atomic mass is 15.2. The lowest BCUT2D eigenvalue weighted by Crippen LogP contribution is -2.40. The summed E-state index contributed by atoms with van der Waals surface area (Å²) in [5.74, 6) is 0. The smallest absolute Gasteiger partial charge is 0.0180 e. The average molecular weight is 197 g/mol. The SMILES string of the molecule is NC1CCN(CCC2(N)CCCC2)C1. The molecule has 0 radical (unpaired) electrons. The molecule has 1 unspecified atom stereocenters. The molecule has 0 bridgehead atoms. The second-order valence-electron chi connectivity index (χ2n) is 5.17. The fraction of sp³-hybridized carbons (Fsp3) is 1.00. The molecule has 0 spiro atoms. The Balaban J connectivity index is 1.71. The molecule has 1 saturated heterocycles. The zero-order valence-electron chi connectivity index (χ0n) is 9.04. The maximum Gasteiger partial charge on any atom is 0.0180 e. The predicted molar refractivity (Wildman–Crippen MR) is 59.0 cm³/mol. The molecule has 1 heterocycles. The second-order valence-corrected chi connectivity index (χ2v) is 5.17. The second kappa shape index (κ2) is 4.17. The summed E-state index contributed by atoms with van der Waals surface area (Å²) >= 11 is 0. The van der Waals surface area contributed by atoms with Crippen molar-refractivity contribution in [1.82, 2.24) is 4.90 Å². The van der Waals surface area contributed by atoms with E-state index in [0.29, 0.717) is 6.04 Å². The van der Waals surface area contributed by atoms with E-state index < -0.39 is 0 Å². The van der Waals surface area contributed by atoms with Crippen LogP contribution in [0.4, 0.5) is 0 Å². The van der Waals surface area contributed by atoms with Gasteiger partial charge >= 0.3 is 0 Å². The van der Waals surface area contributed by atoms with Gasteiger partial charge in [0.25, 0.3) is 0 Å². The van der Waals surface area contributed by atoms with Crippen molar-refractivity contribution in [3.8, 4) is 0 Å². The Morgan fingerprint density at radius 2 is 2.00 bits per heavy atom. The maximum absolute atomic E-state index is 6.31. The van der Waals surface area contributed by atoms with Crippen molar-refractivity contribution in [1.29, 1.82) is 0 Å². The molecule has 0 aromatic heterocycles. The van der Waals surface area contributed by atoms with E-state index in [4.69, 9.17) is 11.5 Å². The van der Waals surface area contributed by atoms with E-state index in [0.717, 1.165) is 19.5 Å². The molecule has 1 atom stereocenters. The molecule has 2 fully saturated rings. The molecular weight excluding hydrogens is 174 g/mol. The van der Waals surface area contributed by atoms with Gasteiger partial charge in [0, 0.05) is 18.1 Å². The lowest BCUT2D eigenvalue weighted by Gasteiger charge is -2.26. The van der Waals surface area contributed by atoms with Crippen LogP contribution in [0, 0.1) is 0 Å². The Hall–Kier alpha value is -0.120. The molecule has 14 heavy (non-hydrogen) atoms. The Morgan fingerprint density at radius 1 is 1.29 bits per heavy atom. The highest BCUT2D eigenvalue weighted by molar-refractivity contribution is 4.90. The first-order valence-corrected chi connectivity index (χ1v) is 5.95. The molecule has 2 aliphatic rings. The third-order valence-electron chi connectivity index (χ3n) is 3.83. The highest BCUT2D eigenvalue weighted by Gasteiger charge is 2.30. The molecule has 0 amide bonds. The van der Waals surface area contributed by atoms with Gasteiger partial charge in [-0.3, -0.25) is 0 Å². The minimum Gasteiger partial charge on any atom is -0.326 e. The summed E-state index contributed by atoms with van der Waals surface area (Å²) in [7, 11) is 0. The standard InChI is InChI=1S/C11H23N3/c12-10-3-7-14(9-10)8-6-11(13)4-1-2-5-11/h10H,1-9,12-13H2. The molecule has 82 valence electrons. The number of rotatable bonds is 3. The summed E-state index contributed by atoms with van der Waals surface area (Å²) in [6.07, 6.45) is 7.45. The summed E-state index contributed by atoms with van der Waals surface area (Å²) in [5, 5.41) is 0. The van der Waals surface area contributed by atoms with Gasteiger partial charge in [-0.25, -0.2) is 0 Å². The summed E-state index contributed by atoms with van der Waals surface area (Å²) in [5.41, 5.74) is 12.3. The van der Waals surface area contributed by atoms with E-state index in [9.17, 15) is 0 Å². The molecule has 0 aromatic carbocycles. The zero-order valence-corrected chi connectivity index (χ0v) is 9.04. The van der Waals surface area contributed by atoms with Crippen molar-refractivity contribution in [3.63, 3.8) is 0 Å². The molecule has 2 rings (SSSR count). The summed E-state index contributed by atoms with van der Waals surface area (Å²) in [6, 6.07) is 0.410. The molecule has 0 aromatic rings. The maximum atomic E-state index is 6.31. The van der Waals surface area contributed by atoms with Crippen molar-refractivity contribution in [3.05, 3.63) is 0 Å². The first kappa shape index (κ1) is 10.4. The number of hydrogen-bond acceptors (Lipinski definition) is 3. The normalized spacial score (nSPS) is 32.6. The Labute approximate surface area is 86.8 Å². The number of likely N-dealkylation sites (tertiary alicyclic amines) is 1. The molecular formula is C11H23N3. The molecule has 3 heteroatoms. The van der Waals surface area contributed by atoms with Gasteiger partial charge in [0.2, 0.25) is 0 Å². The van der Waals surface area contributed by atoms with Crippen LogP contribution in [0.2, 0.25) is 0 Å². The highest BCUT2D eigenvalue weighted by Crippen LogP contribution is 2.30. The van der Waals surface area contributed by atoms with Gasteiger partial charge in [-0.2, -0.15) is 0 Å². The van der Waals surface area contributed by atoms with Gasteiger partial charge in [-0.15, -0.1) is 0 Å². The predicted octanol–water partition coefficient (Wildman–Crippen LogP) is 0.681. The molecule has 3 nitrogen and oxygen atoms in total. The van der Waals surface area contributed by atoms with Crippen molar-refractivity contribution in [2.45, 2.75) is 50.1 Å². The summed E-state index contributed by atoms with van der Waals surface area (Å²) < 4.78 is 0. The monoisotopic (exact) mass is 197 g/mol. The van der Waals surface area contributed by atoms with E-state index in [1.54, 1.807) is 0 Å². The van der Waals surface area contributed by atoms with Crippen LogP contribution >= 0.6 is 0 Å². The zero-order chi connectivity index (χ0) is 10.0. The van der Waals surface area contributed by atoms with E-state index >= 15 is 0 Å². The van der Waals surface area contributed by atoms with Crippen LogP contribution in [0.5, 0.6) is 0 Å². The van der Waals surface area contributed by atoms with Gasteiger partial charge < -0.3 is 16.4 Å². The van der Waals surface area contributed by atoms with Gasteiger partial charge in [-0.1, -0.05) is 12.8 Å². The van der Waals surface area contributed by atoms with E-state index in [2.05, 4.69) is 4.90 Å². The summed E-state index contributed by atoms with van der Waals surface area (Å²) in [6.45, 7) is 3.41. The van der Waals surface area contributed by atoms with Crippen LogP contribution in [0.1, 0.15) is 38.5 Å². The van der Waals surface area contributed by atoms with E-state index in [1.165, 1.54) is 38.6 Å². The number of hydrogen-bond donors (Lipinski definition) is 2. The quantitative estimate of drug-likeness (QED) is 0.699. The van der Waals surface area contributed by atoms with Crippen molar-refractivity contribution >= 4 is 0 Å². The van der Waals surface area contributed by atoms with Crippen LogP contribution in [-0.2, 0) is 0 Å². The van der Waals surface area contributed by atoms with Crippen molar-refractivity contribution < 1.29 is 0 Å². The van der Waals surface area contributed by atoms with Crippen LogP contribution < -0.4 is 11.5 Å². The third-order valence-corrected chi connectivity index (χ3v) is 3.83. The molecule has 1 aliphatic carbocycles. The van der Waals surface area contributed by atoms with Gasteiger partial charge in [0.15, 0.2) is 0 Å². The van der Waals surface area contributed by atoms with Crippen LogP contribution in [0.3, 0.4) is 0 Å². The molecule has 1 saturated carbocycles. The minimum atomic E-state index is 0.159. The third kappa shape index (κ3) is 2.47. The lowest BCUT2D eigenvalue weighted by atomic mass is 9.94. The fourth-order valence-corrected chi connectivity index (χ4v) is 2.78. The van der Waals surface area contributed by atoms with Gasteiger partial charge in [-0.05, 0) is 38.8 Å². The van der Waals surface area contributed by atoms with Crippen LogP contribution in [0.25, 0.3) is 0 Å². The molecule has 1 aliphatic heterocycles. The largest absolute Gasteiger partial charge is 0.326 e. The minimum absolute atomic E-state index is 0.159. The van der Waals surface area contributed by atoms with E-state index in [1.807, 2.05) is 0 Å². The lowest BCUT2D eigenvalue weighted by molar-refractivity contribution is 0.278. The Bertz CT molecular complexity index is 187. The first-order chi connectivity index (χ1) is 6.68. The van der Waals surface area contributed by atoms with E-state index in [-0.39, 0.29) is 5.54 Å². The van der Waals surface area contributed by atoms with Gasteiger partial charge in [0.05, 0.1) is 0 Å². The molecule has 4 N–H and O–H groups in total. The van der Waals surface area contributed by atoms with Crippen molar-refractivity contribution in [2.24, 2.45) is 11.5 Å². The van der Waals surface area contributed by atoms with Crippen molar-refractivity contribution in [2.75, 3.05) is 19.6 Å². The Morgan fingerprint density at radius 3 is 2.57 bits per heavy atom. The van der Waals surface area contributed by atoms with Crippen LogP contribution in [-0.4, -0.2) is 36.1 Å². The van der Waals surface area contributed by atoms with Crippen LogP contribution in [0.15, 0.2) is 0 Å². The number of nitrogens with zero attached hydrogens (tertiary/aromatic N) is 1.